The first kappa shape index (κ1) is 15.9. The van der Waals surface area contributed by atoms with Gasteiger partial charge in [0.1, 0.15) is 20.8 Å². The highest BCUT2D eigenvalue weighted by Gasteiger charge is 2.23. The van der Waals surface area contributed by atoms with Gasteiger partial charge in [-0.15, -0.1) is 11.3 Å². The number of aliphatic carboxylic acids is 1. The summed E-state index contributed by atoms with van der Waals surface area (Å²) in [6.07, 6.45) is 0.812. The Kier molecular flexibility index (Phi) is 5.33. The quantitative estimate of drug-likeness (QED) is 0.813. The molecule has 0 aliphatic carbocycles. The number of thiophene rings is 1. The highest BCUT2D eigenvalue weighted by Crippen LogP contribution is 2.21. The van der Waals surface area contributed by atoms with Crippen LogP contribution in [0.5, 0.6) is 0 Å². The van der Waals surface area contributed by atoms with E-state index in [9.17, 15) is 18.0 Å². The average Bonchev–Trinajstić information content (AvgIpc) is 2.68. The van der Waals surface area contributed by atoms with Gasteiger partial charge >= 0.3 is 5.97 Å². The molecule has 9 heteroatoms. The monoisotopic (exact) mass is 325 g/mol. The van der Waals surface area contributed by atoms with Crippen LogP contribution in [0.15, 0.2) is 11.4 Å². The Hall–Kier alpha value is -1.12. The summed E-state index contributed by atoms with van der Waals surface area (Å²) in [6, 6.07) is 0.258. The van der Waals surface area contributed by atoms with E-state index in [1.807, 2.05) is 0 Å². The number of carbonyl (C=O) groups is 2. The smallest absolute Gasteiger partial charge is 0.326 e. The minimum absolute atomic E-state index is 0.192. The fourth-order valence-corrected chi connectivity index (χ4v) is 2.98. The van der Waals surface area contributed by atoms with Gasteiger partial charge in [0.2, 0.25) is 0 Å². The number of rotatable bonds is 6. The summed E-state index contributed by atoms with van der Waals surface area (Å²) in [7, 11) is -3.29. The summed E-state index contributed by atoms with van der Waals surface area (Å²) >= 11 is 6.83. The Morgan fingerprint density at radius 3 is 2.58 bits per heavy atom. The number of nitrogens with one attached hydrogen (secondary N) is 1. The van der Waals surface area contributed by atoms with Crippen LogP contribution in [0.1, 0.15) is 16.1 Å². The molecule has 0 bridgehead atoms. The van der Waals surface area contributed by atoms with Crippen molar-refractivity contribution in [1.82, 2.24) is 5.32 Å². The number of carbonyl (C=O) groups excluding carboxylic acids is 1. The molecule has 0 aromatic carbocycles. The Balaban J connectivity index is 2.72. The molecule has 1 atom stereocenters. The van der Waals surface area contributed by atoms with E-state index in [1.54, 1.807) is 5.38 Å². The lowest BCUT2D eigenvalue weighted by molar-refractivity contribution is -0.139. The fourth-order valence-electron chi connectivity index (χ4n) is 1.27. The van der Waals surface area contributed by atoms with Gasteiger partial charge in [0.25, 0.3) is 5.91 Å². The number of hydrogen-bond donors (Lipinski definition) is 2. The lowest BCUT2D eigenvalue weighted by Crippen LogP contribution is -2.41. The van der Waals surface area contributed by atoms with Gasteiger partial charge in [0.15, 0.2) is 0 Å². The molecule has 0 spiro atoms. The first-order valence-electron chi connectivity index (χ1n) is 5.15. The van der Waals surface area contributed by atoms with Crippen molar-refractivity contribution < 1.29 is 23.1 Å². The fraction of sp³-hybridized carbons (Fsp3) is 0.400. The molecule has 1 unspecified atom stereocenters. The van der Waals surface area contributed by atoms with Gasteiger partial charge in [-0.25, -0.2) is 13.2 Å². The highest BCUT2D eigenvalue weighted by atomic mass is 35.5. The lowest BCUT2D eigenvalue weighted by Gasteiger charge is -2.13. The summed E-state index contributed by atoms with van der Waals surface area (Å²) in [5, 5.41) is 13.0. The molecule has 0 saturated heterocycles. The maximum atomic E-state index is 11.8. The van der Waals surface area contributed by atoms with Crippen LogP contribution in [0.2, 0.25) is 5.02 Å². The molecule has 0 fully saturated rings. The summed E-state index contributed by atoms with van der Waals surface area (Å²) in [5.41, 5.74) is 0. The Morgan fingerprint density at radius 2 is 2.16 bits per heavy atom. The van der Waals surface area contributed by atoms with Crippen molar-refractivity contribution in [2.45, 2.75) is 12.5 Å². The van der Waals surface area contributed by atoms with Gasteiger partial charge in [0, 0.05) is 6.26 Å². The maximum Gasteiger partial charge on any atom is 0.326 e. The lowest BCUT2D eigenvalue weighted by atomic mass is 10.2. The number of hydrogen-bond acceptors (Lipinski definition) is 5. The Labute approximate surface area is 119 Å². The van der Waals surface area contributed by atoms with Crippen LogP contribution >= 0.6 is 22.9 Å². The van der Waals surface area contributed by atoms with E-state index >= 15 is 0 Å². The summed E-state index contributed by atoms with van der Waals surface area (Å²) < 4.78 is 22.0. The minimum Gasteiger partial charge on any atom is -0.480 e. The van der Waals surface area contributed by atoms with Crippen LogP contribution in [-0.4, -0.2) is 43.5 Å². The molecular formula is C10H12ClNO5S2. The molecule has 19 heavy (non-hydrogen) atoms. The molecule has 106 valence electrons. The van der Waals surface area contributed by atoms with Gasteiger partial charge in [-0.2, -0.15) is 0 Å². The van der Waals surface area contributed by atoms with Gasteiger partial charge in [0.05, 0.1) is 10.8 Å². The van der Waals surface area contributed by atoms with Gasteiger partial charge < -0.3 is 10.4 Å². The Morgan fingerprint density at radius 1 is 1.53 bits per heavy atom. The number of carboxylic acids is 1. The van der Waals surface area contributed by atoms with Crippen LogP contribution in [-0.2, 0) is 14.6 Å². The van der Waals surface area contributed by atoms with E-state index in [-0.39, 0.29) is 22.1 Å². The Bertz CT molecular complexity index is 580. The standard InChI is InChI=1S/C10H12ClNO5S2/c1-19(16,17)5-3-7(10(14)15)12-9(13)8-6(11)2-4-18-8/h2,4,7H,3,5H2,1H3,(H,12,13)(H,14,15). The third-order valence-electron chi connectivity index (χ3n) is 2.20. The first-order valence-corrected chi connectivity index (χ1v) is 8.47. The van der Waals surface area contributed by atoms with E-state index in [4.69, 9.17) is 16.7 Å². The third-order valence-corrected chi connectivity index (χ3v) is 4.52. The molecule has 0 saturated carbocycles. The number of halogens is 1. The van der Waals surface area contributed by atoms with Crippen LogP contribution in [0.3, 0.4) is 0 Å². The van der Waals surface area contributed by atoms with Gasteiger partial charge in [-0.05, 0) is 17.9 Å². The van der Waals surface area contributed by atoms with Crippen molar-refractivity contribution in [1.29, 1.82) is 0 Å². The summed E-state index contributed by atoms with van der Waals surface area (Å²) in [4.78, 5) is 22.9. The number of carboxylic acid groups (broad SMARTS) is 1. The van der Waals surface area contributed by atoms with Crippen LogP contribution in [0.25, 0.3) is 0 Å². The second-order valence-electron chi connectivity index (χ2n) is 3.88. The molecule has 1 heterocycles. The normalized spacial score (nSPS) is 12.9. The zero-order valence-corrected chi connectivity index (χ0v) is 12.3. The second-order valence-corrected chi connectivity index (χ2v) is 7.46. The van der Waals surface area contributed by atoms with Gasteiger partial charge in [-0.3, -0.25) is 4.79 Å². The molecule has 6 nitrogen and oxygen atoms in total. The van der Waals surface area contributed by atoms with Crippen molar-refractivity contribution in [2.75, 3.05) is 12.0 Å². The molecule has 1 aromatic rings. The molecule has 0 radical (unpaired) electrons. The maximum absolute atomic E-state index is 11.8. The van der Waals surface area contributed by atoms with Crippen molar-refractivity contribution in [2.24, 2.45) is 0 Å². The molecule has 1 amide bonds. The van der Waals surface area contributed by atoms with Crippen LogP contribution in [0, 0.1) is 0 Å². The summed E-state index contributed by atoms with van der Waals surface area (Å²) in [6.45, 7) is 0. The zero-order valence-electron chi connectivity index (χ0n) is 9.92. The molecule has 1 rings (SSSR count). The predicted octanol–water partition coefficient (Wildman–Crippen LogP) is 1.02. The molecular weight excluding hydrogens is 314 g/mol. The van der Waals surface area contributed by atoms with Crippen molar-refractivity contribution in [3.63, 3.8) is 0 Å². The molecule has 2 N–H and O–H groups in total. The zero-order chi connectivity index (χ0) is 14.6. The van der Waals surface area contributed by atoms with E-state index in [2.05, 4.69) is 5.32 Å². The van der Waals surface area contributed by atoms with Gasteiger partial charge in [-0.1, -0.05) is 11.6 Å². The number of amides is 1. The van der Waals surface area contributed by atoms with Crippen LogP contribution in [0.4, 0.5) is 0 Å². The largest absolute Gasteiger partial charge is 0.480 e. The predicted molar refractivity (Wildman–Crippen MR) is 72.5 cm³/mol. The summed E-state index contributed by atoms with van der Waals surface area (Å²) in [5.74, 6) is -2.23. The van der Waals surface area contributed by atoms with Crippen molar-refractivity contribution in [3.05, 3.63) is 21.3 Å². The molecule has 0 aliphatic heterocycles. The minimum atomic E-state index is -3.29. The second kappa shape index (κ2) is 6.36. The first-order chi connectivity index (χ1) is 8.70. The van der Waals surface area contributed by atoms with E-state index in [1.165, 1.54) is 6.07 Å². The topological polar surface area (TPSA) is 101 Å². The molecule has 0 aliphatic rings. The average molecular weight is 326 g/mol. The van der Waals surface area contributed by atoms with Crippen molar-refractivity contribution in [3.8, 4) is 0 Å². The van der Waals surface area contributed by atoms with Crippen molar-refractivity contribution >= 4 is 44.7 Å². The molecule has 1 aromatic heterocycles. The van der Waals surface area contributed by atoms with E-state index < -0.39 is 27.8 Å². The SMILES string of the molecule is CS(=O)(=O)CCC(NC(=O)c1sccc1Cl)C(=O)O. The number of sulfone groups is 1. The third kappa shape index (κ3) is 5.17. The highest BCUT2D eigenvalue weighted by molar-refractivity contribution is 7.90. The van der Waals surface area contributed by atoms with E-state index in [0.717, 1.165) is 17.6 Å². The van der Waals surface area contributed by atoms with Crippen LogP contribution < -0.4 is 5.32 Å². The van der Waals surface area contributed by atoms with E-state index in [0.29, 0.717) is 0 Å².